The molecule has 3 heterocycles. The third-order valence-electron chi connectivity index (χ3n) is 9.32. The zero-order chi connectivity index (χ0) is 37.3. The molecule has 8 unspecified atom stereocenters. The molecule has 50 heavy (non-hydrogen) atoms. The summed E-state index contributed by atoms with van der Waals surface area (Å²) in [6, 6.07) is -7.34. The molecule has 19 heteroatoms. The number of hydrogen-bond acceptors (Lipinski definition) is 11. The van der Waals surface area contributed by atoms with E-state index in [4.69, 9.17) is 5.73 Å². The summed E-state index contributed by atoms with van der Waals surface area (Å²) in [5.41, 5.74) is 5.24. The summed E-state index contributed by atoms with van der Waals surface area (Å²) < 4.78 is 0. The van der Waals surface area contributed by atoms with Gasteiger partial charge in [0.25, 0.3) is 0 Å². The number of carbonyl (C=O) groups excluding carboxylic acids is 8. The maximum Gasteiger partial charge on any atom is 0.246 e. The van der Waals surface area contributed by atoms with Crippen molar-refractivity contribution in [1.29, 1.82) is 0 Å². The molecule has 0 aliphatic carbocycles. The molecule has 8 amide bonds. The first-order valence-corrected chi connectivity index (χ1v) is 16.9. The summed E-state index contributed by atoms with van der Waals surface area (Å²) in [6.45, 7) is 3.98. The third-order valence-corrected chi connectivity index (χ3v) is 9.32. The zero-order valence-electron chi connectivity index (χ0n) is 29.0. The number of likely N-dealkylation sites (N-methyl/N-ethyl adjacent to an activating group) is 1. The molecule has 8 atom stereocenters. The van der Waals surface area contributed by atoms with Crippen LogP contribution in [0, 0.1) is 0 Å². The van der Waals surface area contributed by atoms with Gasteiger partial charge in [0.15, 0.2) is 0 Å². The predicted octanol–water partition coefficient (Wildman–Crippen LogP) is -4.98. The van der Waals surface area contributed by atoms with Crippen LogP contribution in [0.4, 0.5) is 0 Å². The minimum absolute atomic E-state index is 0.213. The lowest BCUT2D eigenvalue weighted by atomic mass is 10.1. The van der Waals surface area contributed by atoms with Crippen LogP contribution in [0.2, 0.25) is 0 Å². The molecule has 0 radical (unpaired) electrons. The Hall–Kier alpha value is -4.36. The number of hydrogen-bond donors (Lipinski definition) is 8. The molecule has 19 nitrogen and oxygen atoms in total. The number of aliphatic hydroxyl groups excluding tert-OH is 2. The summed E-state index contributed by atoms with van der Waals surface area (Å²) in [7, 11) is 1.80. The maximum atomic E-state index is 13.6. The molecule has 3 saturated heterocycles. The molecule has 0 aromatic rings. The normalized spacial score (nSPS) is 23.6. The molecular formula is C31H51N9O10. The number of nitrogens with two attached hydrogens (primary N) is 1. The largest absolute Gasteiger partial charge is 0.394 e. The summed E-state index contributed by atoms with van der Waals surface area (Å²) >= 11 is 0. The van der Waals surface area contributed by atoms with Crippen molar-refractivity contribution in [3.63, 3.8) is 0 Å². The van der Waals surface area contributed by atoms with Gasteiger partial charge in [0.2, 0.25) is 47.3 Å². The fourth-order valence-corrected chi connectivity index (χ4v) is 6.40. The monoisotopic (exact) mass is 709 g/mol. The zero-order valence-corrected chi connectivity index (χ0v) is 29.0. The van der Waals surface area contributed by atoms with Crippen molar-refractivity contribution in [3.8, 4) is 0 Å². The van der Waals surface area contributed by atoms with Gasteiger partial charge >= 0.3 is 0 Å². The van der Waals surface area contributed by atoms with Gasteiger partial charge in [-0.3, -0.25) is 43.3 Å². The number of nitrogens with one attached hydrogen (secondary N) is 5. The molecule has 0 aromatic heterocycles. The second-order valence-electron chi connectivity index (χ2n) is 13.1. The molecule has 0 spiro atoms. The van der Waals surface area contributed by atoms with E-state index in [-0.39, 0.29) is 25.0 Å². The highest BCUT2D eigenvalue weighted by Crippen LogP contribution is 2.26. The van der Waals surface area contributed by atoms with Crippen molar-refractivity contribution >= 4 is 47.3 Å². The molecule has 3 aliphatic heterocycles. The van der Waals surface area contributed by atoms with E-state index >= 15 is 0 Å². The van der Waals surface area contributed by atoms with Gasteiger partial charge in [-0.05, 0) is 72.9 Å². The van der Waals surface area contributed by atoms with Gasteiger partial charge in [-0.2, -0.15) is 0 Å². The van der Waals surface area contributed by atoms with E-state index in [1.54, 1.807) is 7.05 Å². The SMILES string of the molecule is CC(NC(=O)C1CCCN1C(=O)C1CCCN1C(=O)C(C)NC(=O)C(NC(=O)C(CO)NC(=O)CNC(=O)C1CCCN1C)C(C)O)C(N)=O. The quantitative estimate of drug-likeness (QED) is 0.0798. The Morgan fingerprint density at radius 2 is 1.34 bits per heavy atom. The lowest BCUT2D eigenvalue weighted by molar-refractivity contribution is -0.148. The fraction of sp³-hybridized carbons (Fsp3) is 0.742. The van der Waals surface area contributed by atoms with Gasteiger partial charge in [0.05, 0.1) is 25.3 Å². The smallest absolute Gasteiger partial charge is 0.246 e. The highest BCUT2D eigenvalue weighted by Gasteiger charge is 2.43. The lowest BCUT2D eigenvalue weighted by Gasteiger charge is -2.33. The molecule has 0 aromatic carbocycles. The van der Waals surface area contributed by atoms with E-state index in [9.17, 15) is 48.6 Å². The third kappa shape index (κ3) is 10.1. The van der Waals surface area contributed by atoms with Crippen molar-refractivity contribution in [1.82, 2.24) is 41.3 Å². The average Bonchev–Trinajstić information content (AvgIpc) is 3.85. The van der Waals surface area contributed by atoms with Crippen molar-refractivity contribution in [2.24, 2.45) is 5.73 Å². The Morgan fingerprint density at radius 3 is 1.92 bits per heavy atom. The van der Waals surface area contributed by atoms with Crippen LogP contribution in [0.1, 0.15) is 59.3 Å². The number of rotatable bonds is 15. The second kappa shape index (κ2) is 18.0. The van der Waals surface area contributed by atoms with Crippen LogP contribution >= 0.6 is 0 Å². The van der Waals surface area contributed by atoms with Crippen LogP contribution < -0.4 is 32.3 Å². The molecule has 3 fully saturated rings. The highest BCUT2D eigenvalue weighted by atomic mass is 16.3. The minimum atomic E-state index is -1.59. The van der Waals surface area contributed by atoms with Crippen LogP contribution in [-0.2, 0) is 38.4 Å². The van der Waals surface area contributed by atoms with Gasteiger partial charge in [-0.25, -0.2) is 0 Å². The van der Waals surface area contributed by atoms with E-state index in [0.29, 0.717) is 32.1 Å². The Kier molecular flexibility index (Phi) is 14.5. The van der Waals surface area contributed by atoms with Crippen LogP contribution in [0.25, 0.3) is 0 Å². The number of primary amides is 1. The van der Waals surface area contributed by atoms with E-state index in [1.807, 2.05) is 4.90 Å². The molecule has 9 N–H and O–H groups in total. The standard InChI is InChI=1S/C31H51N9O10/c1-16(25(32)44)34-28(47)21-9-6-12-39(21)31(50)22-10-7-13-40(22)30(49)17(2)35-29(48)24(18(3)42)37-26(45)19(15-41)36-23(43)14-33-27(46)20-8-5-11-38(20)4/h16-22,24,41-42H,5-15H2,1-4H3,(H2,32,44)(H,33,46)(H,34,47)(H,35,48)(H,36,43)(H,37,45). The lowest BCUT2D eigenvalue weighted by Crippen LogP contribution is -2.61. The van der Waals surface area contributed by atoms with Crippen molar-refractivity contribution in [2.75, 3.05) is 39.8 Å². The molecular weight excluding hydrogens is 658 g/mol. The summed E-state index contributed by atoms with van der Waals surface area (Å²) in [6.07, 6.45) is 1.77. The van der Waals surface area contributed by atoms with Gasteiger partial charge in [-0.1, -0.05) is 0 Å². The number of likely N-dealkylation sites (tertiary alicyclic amines) is 3. The molecule has 280 valence electrons. The topological polar surface area (TPSA) is 273 Å². The van der Waals surface area contributed by atoms with E-state index in [0.717, 1.165) is 13.0 Å². The second-order valence-corrected chi connectivity index (χ2v) is 13.1. The number of nitrogens with zero attached hydrogens (tertiary/aromatic N) is 3. The van der Waals surface area contributed by atoms with Crippen molar-refractivity contribution in [3.05, 3.63) is 0 Å². The van der Waals surface area contributed by atoms with Crippen LogP contribution in [0.3, 0.4) is 0 Å². The predicted molar refractivity (Wildman–Crippen MR) is 175 cm³/mol. The Morgan fingerprint density at radius 1 is 0.740 bits per heavy atom. The average molecular weight is 710 g/mol. The van der Waals surface area contributed by atoms with E-state index < -0.39 is 96.9 Å². The van der Waals surface area contributed by atoms with E-state index in [2.05, 4.69) is 26.6 Å². The van der Waals surface area contributed by atoms with E-state index in [1.165, 1.54) is 30.6 Å². The summed E-state index contributed by atoms with van der Waals surface area (Å²) in [4.78, 5) is 107. The molecule has 3 aliphatic rings. The first kappa shape index (κ1) is 40.1. The number of amides is 8. The van der Waals surface area contributed by atoms with Crippen LogP contribution in [-0.4, -0.2) is 160 Å². The van der Waals surface area contributed by atoms with Crippen LogP contribution in [0.15, 0.2) is 0 Å². The maximum absolute atomic E-state index is 13.6. The van der Waals surface area contributed by atoms with Gasteiger partial charge in [0, 0.05) is 13.1 Å². The van der Waals surface area contributed by atoms with Gasteiger partial charge in [-0.15, -0.1) is 0 Å². The first-order chi connectivity index (χ1) is 23.6. The fourth-order valence-electron chi connectivity index (χ4n) is 6.40. The van der Waals surface area contributed by atoms with Crippen molar-refractivity contribution in [2.45, 2.75) is 108 Å². The Bertz CT molecular complexity index is 1310. The Labute approximate surface area is 290 Å². The first-order valence-electron chi connectivity index (χ1n) is 16.9. The molecule has 3 rings (SSSR count). The summed E-state index contributed by atoms with van der Waals surface area (Å²) in [5.74, 6) is -5.32. The van der Waals surface area contributed by atoms with Crippen LogP contribution in [0.5, 0.6) is 0 Å². The molecule has 0 saturated carbocycles. The van der Waals surface area contributed by atoms with Gasteiger partial charge in [0.1, 0.15) is 36.3 Å². The summed E-state index contributed by atoms with van der Waals surface area (Å²) in [5, 5.41) is 32.1. The van der Waals surface area contributed by atoms with Gasteiger partial charge < -0.3 is 52.3 Å². The highest BCUT2D eigenvalue weighted by molar-refractivity contribution is 5.97. The van der Waals surface area contributed by atoms with Crippen molar-refractivity contribution < 1.29 is 48.6 Å². The Balaban J connectivity index is 1.56. The number of carbonyl (C=O) groups is 8. The number of aliphatic hydroxyl groups is 2. The minimum Gasteiger partial charge on any atom is -0.394 e. The molecule has 0 bridgehead atoms.